The molecular weight excluding hydrogens is 272 g/mol. The number of carbonyl (C=O) groups excluding carboxylic acids is 1. The van der Waals surface area contributed by atoms with E-state index in [4.69, 9.17) is 5.11 Å². The zero-order valence-corrected chi connectivity index (χ0v) is 11.8. The van der Waals surface area contributed by atoms with Gasteiger partial charge in [-0.3, -0.25) is 14.4 Å². The molecule has 2 N–H and O–H groups in total. The SMILES string of the molecule is O=C(CCn1ccccc1=O)NC1CCC(C(=O)O)CC1. The van der Waals surface area contributed by atoms with Crippen molar-refractivity contribution in [2.24, 2.45) is 5.92 Å². The van der Waals surface area contributed by atoms with Crippen LogP contribution >= 0.6 is 0 Å². The van der Waals surface area contributed by atoms with Crippen molar-refractivity contribution in [2.75, 3.05) is 0 Å². The van der Waals surface area contributed by atoms with Crippen LogP contribution in [0.25, 0.3) is 0 Å². The minimum atomic E-state index is -0.747. The number of hydrogen-bond donors (Lipinski definition) is 2. The molecule has 114 valence electrons. The molecule has 0 spiro atoms. The molecule has 1 saturated carbocycles. The summed E-state index contributed by atoms with van der Waals surface area (Å²) >= 11 is 0. The Morgan fingerprint density at radius 2 is 1.95 bits per heavy atom. The Bertz CT molecular complexity index is 559. The molecule has 0 radical (unpaired) electrons. The highest BCUT2D eigenvalue weighted by molar-refractivity contribution is 5.76. The summed E-state index contributed by atoms with van der Waals surface area (Å²) in [6.07, 6.45) is 4.54. The van der Waals surface area contributed by atoms with E-state index in [1.807, 2.05) is 0 Å². The molecule has 6 nitrogen and oxygen atoms in total. The van der Waals surface area contributed by atoms with Crippen molar-refractivity contribution < 1.29 is 14.7 Å². The number of hydrogen-bond acceptors (Lipinski definition) is 3. The number of carboxylic acids is 1. The average Bonchev–Trinajstić information content (AvgIpc) is 2.47. The summed E-state index contributed by atoms with van der Waals surface area (Å²) in [6.45, 7) is 0.357. The molecule has 0 unspecified atom stereocenters. The molecule has 0 atom stereocenters. The number of amides is 1. The molecule has 2 rings (SSSR count). The van der Waals surface area contributed by atoms with Crippen LogP contribution in [0.4, 0.5) is 0 Å². The minimum Gasteiger partial charge on any atom is -0.481 e. The molecule has 1 aliphatic carbocycles. The second-order valence-corrected chi connectivity index (χ2v) is 5.44. The number of aryl methyl sites for hydroxylation is 1. The first-order valence-electron chi connectivity index (χ1n) is 7.24. The molecule has 1 fully saturated rings. The summed E-state index contributed by atoms with van der Waals surface area (Å²) in [6, 6.07) is 4.94. The molecule has 1 heterocycles. The molecule has 1 aliphatic rings. The number of aliphatic carboxylic acids is 1. The first-order chi connectivity index (χ1) is 10.1. The minimum absolute atomic E-state index is 0.0561. The fourth-order valence-corrected chi connectivity index (χ4v) is 2.65. The highest BCUT2D eigenvalue weighted by Gasteiger charge is 2.26. The van der Waals surface area contributed by atoms with E-state index in [1.54, 1.807) is 18.3 Å². The molecule has 6 heteroatoms. The lowest BCUT2D eigenvalue weighted by Crippen LogP contribution is -2.39. The van der Waals surface area contributed by atoms with E-state index in [2.05, 4.69) is 5.32 Å². The van der Waals surface area contributed by atoms with E-state index < -0.39 is 5.97 Å². The maximum absolute atomic E-state index is 11.9. The number of nitrogens with one attached hydrogen (secondary N) is 1. The quantitative estimate of drug-likeness (QED) is 0.847. The third kappa shape index (κ3) is 4.44. The molecule has 0 aliphatic heterocycles. The van der Waals surface area contributed by atoms with Gasteiger partial charge in [-0.2, -0.15) is 0 Å². The Morgan fingerprint density at radius 1 is 1.24 bits per heavy atom. The summed E-state index contributed by atoms with van der Waals surface area (Å²) in [5.74, 6) is -1.12. The number of carboxylic acid groups (broad SMARTS) is 1. The summed E-state index contributed by atoms with van der Waals surface area (Å²) < 4.78 is 1.50. The van der Waals surface area contributed by atoms with Crippen LogP contribution in [0.5, 0.6) is 0 Å². The lowest BCUT2D eigenvalue weighted by Gasteiger charge is -2.26. The lowest BCUT2D eigenvalue weighted by atomic mass is 9.86. The van der Waals surface area contributed by atoms with E-state index >= 15 is 0 Å². The third-order valence-corrected chi connectivity index (χ3v) is 3.92. The second-order valence-electron chi connectivity index (χ2n) is 5.44. The first-order valence-corrected chi connectivity index (χ1v) is 7.24. The summed E-state index contributed by atoms with van der Waals surface area (Å²) in [7, 11) is 0. The first kappa shape index (κ1) is 15.3. The van der Waals surface area contributed by atoms with Crippen molar-refractivity contribution in [1.82, 2.24) is 9.88 Å². The Kier molecular flexibility index (Phi) is 5.14. The number of nitrogens with zero attached hydrogens (tertiary/aromatic N) is 1. The van der Waals surface area contributed by atoms with Crippen LogP contribution < -0.4 is 10.9 Å². The van der Waals surface area contributed by atoms with E-state index in [9.17, 15) is 14.4 Å². The third-order valence-electron chi connectivity index (χ3n) is 3.92. The normalized spacial score (nSPS) is 21.7. The molecule has 0 saturated heterocycles. The Labute approximate surface area is 122 Å². The van der Waals surface area contributed by atoms with Crippen LogP contribution in [0.2, 0.25) is 0 Å². The average molecular weight is 292 g/mol. The van der Waals surface area contributed by atoms with E-state index in [0.29, 0.717) is 32.2 Å². The van der Waals surface area contributed by atoms with Gasteiger partial charge >= 0.3 is 5.97 Å². The smallest absolute Gasteiger partial charge is 0.306 e. The fraction of sp³-hybridized carbons (Fsp3) is 0.533. The number of aromatic nitrogens is 1. The number of rotatable bonds is 5. The standard InChI is InChI=1S/C15H20N2O4/c18-13(8-10-17-9-2-1-3-14(17)19)16-12-6-4-11(5-7-12)15(20)21/h1-3,9,11-12H,4-8,10H2,(H,16,18)(H,20,21). The maximum atomic E-state index is 11.9. The van der Waals surface area contributed by atoms with Gasteiger partial charge in [-0.05, 0) is 31.7 Å². The van der Waals surface area contributed by atoms with Gasteiger partial charge in [0.25, 0.3) is 5.56 Å². The zero-order chi connectivity index (χ0) is 15.2. The van der Waals surface area contributed by atoms with Gasteiger partial charge in [0.1, 0.15) is 0 Å². The highest BCUT2D eigenvalue weighted by atomic mass is 16.4. The van der Waals surface area contributed by atoms with Crippen LogP contribution in [0, 0.1) is 5.92 Å². The Balaban J connectivity index is 1.74. The van der Waals surface area contributed by atoms with E-state index in [1.165, 1.54) is 10.6 Å². The molecule has 21 heavy (non-hydrogen) atoms. The number of carbonyl (C=O) groups is 2. The molecular formula is C15H20N2O4. The van der Waals surface area contributed by atoms with Crippen LogP contribution in [0.1, 0.15) is 32.1 Å². The van der Waals surface area contributed by atoms with Crippen molar-refractivity contribution in [2.45, 2.75) is 44.7 Å². The fourth-order valence-electron chi connectivity index (χ4n) is 2.65. The Hall–Kier alpha value is -2.11. The largest absolute Gasteiger partial charge is 0.481 e. The van der Waals surface area contributed by atoms with Crippen molar-refractivity contribution >= 4 is 11.9 Å². The maximum Gasteiger partial charge on any atom is 0.306 e. The molecule has 1 aromatic rings. The zero-order valence-electron chi connectivity index (χ0n) is 11.8. The Morgan fingerprint density at radius 3 is 2.57 bits per heavy atom. The predicted molar refractivity (Wildman–Crippen MR) is 76.8 cm³/mol. The van der Waals surface area contributed by atoms with E-state index in [0.717, 1.165) is 0 Å². The molecule has 0 bridgehead atoms. The number of pyridine rings is 1. The summed E-state index contributed by atoms with van der Waals surface area (Å²) in [5, 5.41) is 11.8. The van der Waals surface area contributed by atoms with Crippen molar-refractivity contribution in [3.63, 3.8) is 0 Å². The van der Waals surface area contributed by atoms with Gasteiger partial charge in [0, 0.05) is 31.3 Å². The van der Waals surface area contributed by atoms with Gasteiger partial charge in [-0.1, -0.05) is 6.07 Å². The lowest BCUT2D eigenvalue weighted by molar-refractivity contribution is -0.142. The van der Waals surface area contributed by atoms with Gasteiger partial charge in [0.2, 0.25) is 5.91 Å². The second kappa shape index (κ2) is 7.06. The van der Waals surface area contributed by atoms with Crippen LogP contribution in [-0.4, -0.2) is 27.6 Å². The molecule has 1 aromatic heterocycles. The van der Waals surface area contributed by atoms with Crippen LogP contribution in [0.3, 0.4) is 0 Å². The molecule has 1 amide bonds. The van der Waals surface area contributed by atoms with Gasteiger partial charge in [0.05, 0.1) is 5.92 Å². The van der Waals surface area contributed by atoms with E-state index in [-0.39, 0.29) is 29.8 Å². The highest BCUT2D eigenvalue weighted by Crippen LogP contribution is 2.24. The van der Waals surface area contributed by atoms with Crippen molar-refractivity contribution in [1.29, 1.82) is 0 Å². The van der Waals surface area contributed by atoms with Crippen LogP contribution in [0.15, 0.2) is 29.2 Å². The summed E-state index contributed by atoms with van der Waals surface area (Å²) in [5.41, 5.74) is -0.118. The van der Waals surface area contributed by atoms with Gasteiger partial charge in [0.15, 0.2) is 0 Å². The predicted octanol–water partition coefficient (Wildman–Crippen LogP) is 0.998. The summed E-state index contributed by atoms with van der Waals surface area (Å²) in [4.78, 5) is 34.2. The monoisotopic (exact) mass is 292 g/mol. The van der Waals surface area contributed by atoms with Gasteiger partial charge in [-0.15, -0.1) is 0 Å². The van der Waals surface area contributed by atoms with Crippen molar-refractivity contribution in [3.05, 3.63) is 34.7 Å². The molecule has 0 aromatic carbocycles. The topological polar surface area (TPSA) is 88.4 Å². The van der Waals surface area contributed by atoms with Gasteiger partial charge in [-0.25, -0.2) is 0 Å². The van der Waals surface area contributed by atoms with Crippen LogP contribution in [-0.2, 0) is 16.1 Å². The van der Waals surface area contributed by atoms with Crippen molar-refractivity contribution in [3.8, 4) is 0 Å². The van der Waals surface area contributed by atoms with Gasteiger partial charge < -0.3 is 15.0 Å².